The highest BCUT2D eigenvalue weighted by atomic mass is 32.2. The number of amides is 2. The maximum atomic E-state index is 12.9. The molecule has 2 aliphatic heterocycles. The first kappa shape index (κ1) is 18.1. The summed E-state index contributed by atoms with van der Waals surface area (Å²) in [6.07, 6.45) is 0.0212. The number of hydrogen-bond acceptors (Lipinski definition) is 4. The Hall–Kier alpha value is -2.31. The molecule has 4 rings (SSSR count). The summed E-state index contributed by atoms with van der Waals surface area (Å²) in [6.45, 7) is 3.05. The van der Waals surface area contributed by atoms with Crippen molar-refractivity contribution in [2.24, 2.45) is 0 Å². The number of hydrogen-bond donors (Lipinski definition) is 1. The van der Waals surface area contributed by atoms with Crippen LogP contribution in [0.1, 0.15) is 25.0 Å². The average molecular weight is 382 g/mol. The highest BCUT2D eigenvalue weighted by Crippen LogP contribution is 2.37. The number of carbonyl (C=O) groups excluding carboxylic acids is 2. The lowest BCUT2D eigenvalue weighted by molar-refractivity contribution is -0.145. The van der Waals surface area contributed by atoms with Gasteiger partial charge in [-0.2, -0.15) is 0 Å². The molecular formula is C21H22N2O3S. The van der Waals surface area contributed by atoms with Crippen LogP contribution in [0, 0.1) is 0 Å². The van der Waals surface area contributed by atoms with Crippen LogP contribution in [-0.2, 0) is 14.3 Å². The highest BCUT2D eigenvalue weighted by Gasteiger charge is 2.34. The van der Waals surface area contributed by atoms with Gasteiger partial charge in [0, 0.05) is 17.9 Å². The second-order valence-corrected chi connectivity index (χ2v) is 8.19. The molecule has 0 aromatic heterocycles. The summed E-state index contributed by atoms with van der Waals surface area (Å²) in [5.41, 5.74) is 1.89. The van der Waals surface area contributed by atoms with Crippen molar-refractivity contribution in [1.29, 1.82) is 0 Å². The Morgan fingerprint density at radius 1 is 1.15 bits per heavy atom. The summed E-state index contributed by atoms with van der Waals surface area (Å²) in [5, 5.41) is 2.50. The van der Waals surface area contributed by atoms with E-state index in [0.717, 1.165) is 16.1 Å². The van der Waals surface area contributed by atoms with E-state index in [0.29, 0.717) is 13.1 Å². The molecule has 2 aliphatic rings. The maximum absolute atomic E-state index is 12.9. The van der Waals surface area contributed by atoms with Crippen LogP contribution in [0.2, 0.25) is 0 Å². The van der Waals surface area contributed by atoms with Crippen LogP contribution in [0.3, 0.4) is 0 Å². The van der Waals surface area contributed by atoms with Crippen molar-refractivity contribution in [3.63, 3.8) is 0 Å². The van der Waals surface area contributed by atoms with Crippen LogP contribution in [-0.4, -0.2) is 41.2 Å². The van der Waals surface area contributed by atoms with Crippen molar-refractivity contribution in [1.82, 2.24) is 4.90 Å². The summed E-state index contributed by atoms with van der Waals surface area (Å²) in [5.74, 6) is -0.105. The van der Waals surface area contributed by atoms with Crippen molar-refractivity contribution < 1.29 is 14.3 Å². The minimum Gasteiger partial charge on any atom is -0.367 e. The zero-order chi connectivity index (χ0) is 18.8. The van der Waals surface area contributed by atoms with E-state index >= 15 is 0 Å². The monoisotopic (exact) mass is 382 g/mol. The molecule has 27 heavy (non-hydrogen) atoms. The summed E-state index contributed by atoms with van der Waals surface area (Å²) in [6, 6.07) is 17.6. The number of fused-ring (bicyclic) bond motifs is 1. The molecule has 140 valence electrons. The molecule has 1 saturated heterocycles. The quantitative estimate of drug-likeness (QED) is 0.883. The van der Waals surface area contributed by atoms with E-state index in [1.54, 1.807) is 0 Å². The Balaban J connectivity index is 1.44. The molecule has 1 fully saturated rings. The number of anilines is 1. The van der Waals surface area contributed by atoms with Gasteiger partial charge in [-0.25, -0.2) is 0 Å². The van der Waals surface area contributed by atoms with Gasteiger partial charge in [0.25, 0.3) is 0 Å². The van der Waals surface area contributed by atoms with Crippen molar-refractivity contribution >= 4 is 29.3 Å². The maximum Gasteiger partial charge on any atom is 0.238 e. The fourth-order valence-corrected chi connectivity index (χ4v) is 4.62. The van der Waals surface area contributed by atoms with E-state index < -0.39 is 5.25 Å². The lowest BCUT2D eigenvalue weighted by atomic mass is 10.1. The predicted octanol–water partition coefficient (Wildman–Crippen LogP) is 3.48. The number of morpholine rings is 1. The fourth-order valence-electron chi connectivity index (χ4n) is 3.52. The van der Waals surface area contributed by atoms with Crippen molar-refractivity contribution in [3.8, 4) is 0 Å². The SMILES string of the molecule is C[C@@H]1CN(C(=O)C[C@@H]2Sc3ccccc3NC2=O)C[C@H](c2ccccc2)O1. The van der Waals surface area contributed by atoms with Gasteiger partial charge in [-0.3, -0.25) is 9.59 Å². The number of para-hydroxylation sites is 1. The summed E-state index contributed by atoms with van der Waals surface area (Å²) in [4.78, 5) is 28.2. The minimum atomic E-state index is -0.402. The smallest absolute Gasteiger partial charge is 0.238 e. The molecule has 1 N–H and O–H groups in total. The van der Waals surface area contributed by atoms with Gasteiger partial charge < -0.3 is 15.0 Å². The number of benzene rings is 2. The molecule has 0 saturated carbocycles. The first-order valence-electron chi connectivity index (χ1n) is 9.15. The van der Waals surface area contributed by atoms with Crippen molar-refractivity contribution in [2.45, 2.75) is 35.7 Å². The zero-order valence-electron chi connectivity index (χ0n) is 15.1. The number of ether oxygens (including phenoxy) is 1. The number of rotatable bonds is 3. The predicted molar refractivity (Wildman–Crippen MR) is 106 cm³/mol. The normalized spacial score (nSPS) is 24.9. The molecule has 0 radical (unpaired) electrons. The molecule has 2 aromatic carbocycles. The van der Waals surface area contributed by atoms with E-state index in [1.807, 2.05) is 66.4 Å². The van der Waals surface area contributed by atoms with Crippen LogP contribution in [0.4, 0.5) is 5.69 Å². The molecule has 2 aromatic rings. The van der Waals surface area contributed by atoms with E-state index in [9.17, 15) is 9.59 Å². The number of nitrogens with zero attached hydrogens (tertiary/aromatic N) is 1. The van der Waals surface area contributed by atoms with Crippen LogP contribution in [0.15, 0.2) is 59.5 Å². The Kier molecular flexibility index (Phi) is 5.18. The molecule has 2 amide bonds. The Labute approximate surface area is 163 Å². The molecule has 2 heterocycles. The fraction of sp³-hybridized carbons (Fsp3) is 0.333. The highest BCUT2D eigenvalue weighted by molar-refractivity contribution is 8.01. The van der Waals surface area contributed by atoms with Gasteiger partial charge in [0.1, 0.15) is 6.10 Å². The lowest BCUT2D eigenvalue weighted by Crippen LogP contribution is -2.47. The van der Waals surface area contributed by atoms with Crippen LogP contribution >= 0.6 is 11.8 Å². The summed E-state index contributed by atoms with van der Waals surface area (Å²) < 4.78 is 6.03. The molecular weight excluding hydrogens is 360 g/mol. The molecule has 0 spiro atoms. The van der Waals surface area contributed by atoms with Gasteiger partial charge in [-0.05, 0) is 24.6 Å². The van der Waals surface area contributed by atoms with E-state index in [-0.39, 0.29) is 30.4 Å². The minimum absolute atomic E-state index is 0.00175. The Morgan fingerprint density at radius 3 is 2.70 bits per heavy atom. The van der Waals surface area contributed by atoms with E-state index in [1.165, 1.54) is 11.8 Å². The molecule has 0 aliphatic carbocycles. The summed E-state index contributed by atoms with van der Waals surface area (Å²) >= 11 is 1.46. The summed E-state index contributed by atoms with van der Waals surface area (Å²) in [7, 11) is 0. The zero-order valence-corrected chi connectivity index (χ0v) is 15.9. The average Bonchev–Trinajstić information content (AvgIpc) is 2.68. The molecule has 0 bridgehead atoms. The standard InChI is InChI=1S/C21H22N2O3S/c1-14-12-23(13-17(26-14)15-7-3-2-4-8-15)20(24)11-19-21(25)22-16-9-5-6-10-18(16)27-19/h2-10,14,17,19H,11-13H2,1H3,(H,22,25)/t14-,17-,19+/m1/s1. The number of nitrogens with one attached hydrogen (secondary N) is 1. The van der Waals surface area contributed by atoms with Gasteiger partial charge in [-0.15, -0.1) is 11.8 Å². The van der Waals surface area contributed by atoms with Crippen LogP contribution < -0.4 is 5.32 Å². The number of thioether (sulfide) groups is 1. The third kappa shape index (κ3) is 4.01. The number of carbonyl (C=O) groups is 2. The molecule has 3 atom stereocenters. The van der Waals surface area contributed by atoms with Crippen LogP contribution in [0.25, 0.3) is 0 Å². The first-order chi connectivity index (χ1) is 13.1. The topological polar surface area (TPSA) is 58.6 Å². The second-order valence-electron chi connectivity index (χ2n) is 6.94. The first-order valence-corrected chi connectivity index (χ1v) is 10.0. The van der Waals surface area contributed by atoms with Crippen molar-refractivity contribution in [2.75, 3.05) is 18.4 Å². The van der Waals surface area contributed by atoms with Gasteiger partial charge in [0.2, 0.25) is 11.8 Å². The van der Waals surface area contributed by atoms with Crippen LogP contribution in [0.5, 0.6) is 0 Å². The molecule has 6 heteroatoms. The van der Waals surface area contributed by atoms with Gasteiger partial charge in [0.05, 0.1) is 23.6 Å². The Morgan fingerprint density at radius 2 is 1.89 bits per heavy atom. The van der Waals surface area contributed by atoms with Gasteiger partial charge in [0.15, 0.2) is 0 Å². The molecule has 5 nitrogen and oxygen atoms in total. The lowest BCUT2D eigenvalue weighted by Gasteiger charge is -2.37. The third-order valence-corrected chi connectivity index (χ3v) is 6.13. The third-order valence-electron chi connectivity index (χ3n) is 4.85. The van der Waals surface area contributed by atoms with E-state index in [2.05, 4.69) is 5.32 Å². The Bertz CT molecular complexity index is 842. The second kappa shape index (κ2) is 7.74. The molecule has 0 unspecified atom stereocenters. The van der Waals surface area contributed by atoms with Crippen molar-refractivity contribution in [3.05, 3.63) is 60.2 Å². The van der Waals surface area contributed by atoms with E-state index in [4.69, 9.17) is 4.74 Å². The largest absolute Gasteiger partial charge is 0.367 e. The van der Waals surface area contributed by atoms with Gasteiger partial charge in [-0.1, -0.05) is 42.5 Å². The van der Waals surface area contributed by atoms with Gasteiger partial charge >= 0.3 is 0 Å².